The van der Waals surface area contributed by atoms with Crippen molar-refractivity contribution >= 4 is 0 Å². The van der Waals surface area contributed by atoms with Gasteiger partial charge < -0.3 is 19.3 Å². The Morgan fingerprint density at radius 2 is 1.88 bits per heavy atom. The van der Waals surface area contributed by atoms with Crippen molar-refractivity contribution in [1.29, 1.82) is 5.26 Å². The Morgan fingerprint density at radius 1 is 1.25 bits per heavy atom. The molecule has 2 rings (SSSR count). The second-order valence-corrected chi connectivity index (χ2v) is 7.74. The lowest BCUT2D eigenvalue weighted by molar-refractivity contribution is -0.147. The van der Waals surface area contributed by atoms with Crippen LogP contribution >= 0.6 is 0 Å². The number of hydrogen-bond acceptors (Lipinski definition) is 5. The molecule has 2 aliphatic carbocycles. The molecule has 0 saturated heterocycles. The average Bonchev–Trinajstić information content (AvgIpc) is 2.59. The lowest BCUT2D eigenvalue weighted by Crippen LogP contribution is -2.57. The van der Waals surface area contributed by atoms with E-state index in [9.17, 15) is 10.4 Å². The van der Waals surface area contributed by atoms with E-state index >= 15 is 0 Å². The number of nitrogens with zero attached hydrogens (tertiary/aromatic N) is 1. The summed E-state index contributed by atoms with van der Waals surface area (Å²) in [5.41, 5.74) is -0.235. The van der Waals surface area contributed by atoms with Gasteiger partial charge in [0.15, 0.2) is 0 Å². The molecular weight excluding hydrogens is 306 g/mol. The monoisotopic (exact) mass is 337 g/mol. The highest BCUT2D eigenvalue weighted by molar-refractivity contribution is 5.36. The molecule has 1 fully saturated rings. The van der Waals surface area contributed by atoms with E-state index in [1.807, 2.05) is 6.92 Å². The molecule has 1 N–H and O–H groups in total. The van der Waals surface area contributed by atoms with Gasteiger partial charge in [0.25, 0.3) is 0 Å². The third-order valence-electron chi connectivity index (χ3n) is 6.27. The van der Waals surface area contributed by atoms with Gasteiger partial charge in [-0.25, -0.2) is 0 Å². The summed E-state index contributed by atoms with van der Waals surface area (Å²) < 4.78 is 17.2. The normalized spacial score (nSPS) is 41.8. The Labute approximate surface area is 145 Å². The van der Waals surface area contributed by atoms with Crippen LogP contribution in [0.5, 0.6) is 0 Å². The molecule has 1 saturated carbocycles. The van der Waals surface area contributed by atoms with Gasteiger partial charge in [0.1, 0.15) is 0 Å². The van der Waals surface area contributed by atoms with E-state index in [4.69, 9.17) is 14.2 Å². The van der Waals surface area contributed by atoms with E-state index in [0.29, 0.717) is 0 Å². The summed E-state index contributed by atoms with van der Waals surface area (Å²) in [5.74, 6) is 0.442. The second kappa shape index (κ2) is 7.13. The van der Waals surface area contributed by atoms with Crippen LogP contribution in [-0.4, -0.2) is 50.9 Å². The first-order valence-corrected chi connectivity index (χ1v) is 8.67. The number of aliphatic hydroxyl groups is 1. The molecule has 2 aliphatic rings. The predicted molar refractivity (Wildman–Crippen MR) is 91.3 cm³/mol. The zero-order chi connectivity index (χ0) is 18.1. The van der Waals surface area contributed by atoms with Crippen molar-refractivity contribution in [2.75, 3.05) is 27.9 Å². The molecule has 0 amide bonds. The van der Waals surface area contributed by atoms with Gasteiger partial charge >= 0.3 is 0 Å². The molecule has 5 heteroatoms. The molecule has 0 spiro atoms. The quantitative estimate of drug-likeness (QED) is 0.781. The van der Waals surface area contributed by atoms with E-state index in [2.05, 4.69) is 26.0 Å². The Balaban J connectivity index is 2.56. The van der Waals surface area contributed by atoms with Crippen LogP contribution in [0.3, 0.4) is 0 Å². The third-order valence-corrected chi connectivity index (χ3v) is 6.27. The highest BCUT2D eigenvalue weighted by Gasteiger charge is 2.56. The first kappa shape index (κ1) is 19.4. The van der Waals surface area contributed by atoms with Gasteiger partial charge in [-0.15, -0.1) is 0 Å². The van der Waals surface area contributed by atoms with Crippen molar-refractivity contribution in [2.24, 2.45) is 23.2 Å². The number of ether oxygens (including phenoxy) is 3. The minimum Gasteiger partial charge on any atom is -0.393 e. The predicted octanol–water partition coefficient (Wildman–Crippen LogP) is 2.55. The fourth-order valence-electron chi connectivity index (χ4n) is 4.98. The Hall–Kier alpha value is -0.930. The van der Waals surface area contributed by atoms with E-state index < -0.39 is 11.0 Å². The number of rotatable bonds is 5. The molecular formula is C19H31NO4. The zero-order valence-corrected chi connectivity index (χ0v) is 15.7. The standard InChI is InChI=1S/C19H31NO4/c1-12-8-19(10-20)9-13(2)16(18(3,11-21)24-6)17(23-5)14(19)7-15(12)22-4/h7,12-13,15-17,21H,8-9,11H2,1-6H3/t12-,13+,15-,16-,17+,18+,19+/m1/s1. The summed E-state index contributed by atoms with van der Waals surface area (Å²) in [6.07, 6.45) is 3.32. The molecule has 0 radical (unpaired) electrons. The molecule has 0 aromatic rings. The van der Waals surface area contributed by atoms with Gasteiger partial charge in [-0.1, -0.05) is 19.9 Å². The molecule has 24 heavy (non-hydrogen) atoms. The maximum Gasteiger partial charge on any atom is 0.0938 e. The van der Waals surface area contributed by atoms with Gasteiger partial charge in [0, 0.05) is 27.2 Å². The second-order valence-electron chi connectivity index (χ2n) is 7.74. The third kappa shape index (κ3) is 2.90. The van der Waals surface area contributed by atoms with Crippen LogP contribution in [0.2, 0.25) is 0 Å². The lowest BCUT2D eigenvalue weighted by Gasteiger charge is -2.54. The van der Waals surface area contributed by atoms with Crippen molar-refractivity contribution in [3.63, 3.8) is 0 Å². The van der Waals surface area contributed by atoms with E-state index in [0.717, 1.165) is 18.4 Å². The van der Waals surface area contributed by atoms with Crippen molar-refractivity contribution in [2.45, 2.75) is 51.4 Å². The Bertz CT molecular complexity index is 522. The largest absolute Gasteiger partial charge is 0.393 e. The molecule has 7 atom stereocenters. The topological polar surface area (TPSA) is 71.7 Å². The first-order chi connectivity index (χ1) is 11.3. The SMILES string of the molecule is CO[C@@H]1C=C2[C@H](OC)[C@H]([C@](C)(CO)OC)[C@@H](C)C[C@]2(C#N)C[C@H]1C. The highest BCUT2D eigenvalue weighted by Crippen LogP contribution is 2.55. The average molecular weight is 337 g/mol. The summed E-state index contributed by atoms with van der Waals surface area (Å²) in [5, 5.41) is 20.0. The van der Waals surface area contributed by atoms with Crippen molar-refractivity contribution in [1.82, 2.24) is 0 Å². The molecule has 136 valence electrons. The molecule has 0 aromatic heterocycles. The maximum absolute atomic E-state index is 10.0. The van der Waals surface area contributed by atoms with Crippen LogP contribution in [0.25, 0.3) is 0 Å². The van der Waals surface area contributed by atoms with Crippen LogP contribution in [0.1, 0.15) is 33.6 Å². The fraction of sp³-hybridized carbons (Fsp3) is 0.842. The number of hydrogen-bond donors (Lipinski definition) is 1. The molecule has 0 heterocycles. The molecule has 0 aromatic carbocycles. The number of fused-ring (bicyclic) bond motifs is 1. The van der Waals surface area contributed by atoms with Gasteiger partial charge in [0.05, 0.1) is 35.9 Å². The minimum absolute atomic E-state index is 0.0175. The minimum atomic E-state index is -0.714. The number of methoxy groups -OCH3 is 3. The first-order valence-electron chi connectivity index (χ1n) is 8.67. The Kier molecular flexibility index (Phi) is 5.76. The summed E-state index contributed by atoms with van der Waals surface area (Å²) in [4.78, 5) is 0. The van der Waals surface area contributed by atoms with Gasteiger partial charge in [0.2, 0.25) is 0 Å². The number of aliphatic hydroxyl groups excluding tert-OH is 1. The van der Waals surface area contributed by atoms with Crippen LogP contribution in [0.4, 0.5) is 0 Å². The molecule has 5 nitrogen and oxygen atoms in total. The van der Waals surface area contributed by atoms with Crippen LogP contribution in [0.15, 0.2) is 11.6 Å². The van der Waals surface area contributed by atoms with Crippen molar-refractivity contribution < 1.29 is 19.3 Å². The van der Waals surface area contributed by atoms with Gasteiger partial charge in [-0.2, -0.15) is 5.26 Å². The maximum atomic E-state index is 10.0. The molecule has 0 bridgehead atoms. The zero-order valence-electron chi connectivity index (χ0n) is 15.7. The van der Waals surface area contributed by atoms with Gasteiger partial charge in [-0.3, -0.25) is 0 Å². The summed E-state index contributed by atoms with van der Waals surface area (Å²) in [6, 6.07) is 2.59. The van der Waals surface area contributed by atoms with Crippen LogP contribution in [-0.2, 0) is 14.2 Å². The Morgan fingerprint density at radius 3 is 2.33 bits per heavy atom. The van der Waals surface area contributed by atoms with E-state index in [-0.39, 0.29) is 36.6 Å². The van der Waals surface area contributed by atoms with Gasteiger partial charge in [-0.05, 0) is 37.2 Å². The highest BCUT2D eigenvalue weighted by atomic mass is 16.5. The summed E-state index contributed by atoms with van der Waals surface area (Å²) in [7, 11) is 5.00. The van der Waals surface area contributed by atoms with Crippen LogP contribution in [0, 0.1) is 34.5 Å². The number of nitriles is 1. The van der Waals surface area contributed by atoms with E-state index in [1.165, 1.54) is 0 Å². The fourth-order valence-corrected chi connectivity index (χ4v) is 4.98. The molecule has 0 aliphatic heterocycles. The summed E-state index contributed by atoms with van der Waals surface area (Å²) in [6.45, 7) is 6.09. The smallest absolute Gasteiger partial charge is 0.0938 e. The lowest BCUT2D eigenvalue weighted by atomic mass is 9.54. The van der Waals surface area contributed by atoms with Crippen molar-refractivity contribution in [3.8, 4) is 6.07 Å². The van der Waals surface area contributed by atoms with E-state index in [1.54, 1.807) is 21.3 Å². The van der Waals surface area contributed by atoms with Crippen LogP contribution < -0.4 is 0 Å². The molecule has 0 unspecified atom stereocenters. The van der Waals surface area contributed by atoms with Crippen molar-refractivity contribution in [3.05, 3.63) is 11.6 Å². The summed E-state index contributed by atoms with van der Waals surface area (Å²) >= 11 is 0.